The van der Waals surface area contributed by atoms with E-state index < -0.39 is 5.82 Å². The molecule has 170 valence electrons. The molecule has 7 nitrogen and oxygen atoms in total. The molecule has 0 radical (unpaired) electrons. The fourth-order valence-corrected chi connectivity index (χ4v) is 4.21. The highest BCUT2D eigenvalue weighted by Crippen LogP contribution is 2.31. The predicted octanol–water partition coefficient (Wildman–Crippen LogP) is 3.78. The number of hydrogen-bond acceptors (Lipinski definition) is 5. The Morgan fingerprint density at radius 2 is 1.97 bits per heavy atom. The molecule has 0 bridgehead atoms. The second-order valence-corrected chi connectivity index (χ2v) is 8.97. The summed E-state index contributed by atoms with van der Waals surface area (Å²) in [6.45, 7) is 1.70. The molecule has 1 aromatic carbocycles. The Balaban J connectivity index is 1.63. The molecular formula is C24H23ClFN5O2. The van der Waals surface area contributed by atoms with Crippen LogP contribution in [-0.2, 0) is 13.1 Å². The minimum atomic E-state index is -0.524. The second kappa shape index (κ2) is 8.61. The lowest BCUT2D eigenvalue weighted by Crippen LogP contribution is -2.38. The number of nitrogens with zero attached hydrogens (tertiary/aromatic N) is 3. The van der Waals surface area contributed by atoms with Crippen LogP contribution in [-0.4, -0.2) is 40.0 Å². The zero-order valence-corrected chi connectivity index (χ0v) is 18.8. The van der Waals surface area contributed by atoms with Crippen molar-refractivity contribution in [1.29, 1.82) is 0 Å². The number of benzene rings is 1. The van der Waals surface area contributed by atoms with Crippen molar-refractivity contribution in [2.75, 3.05) is 18.9 Å². The number of carbonyl (C=O) groups excluding carboxylic acids is 1. The van der Waals surface area contributed by atoms with Crippen LogP contribution in [0, 0.1) is 5.82 Å². The number of pyridine rings is 2. The Kier molecular flexibility index (Phi) is 5.64. The van der Waals surface area contributed by atoms with Gasteiger partial charge in [0.05, 0.1) is 28.2 Å². The smallest absolute Gasteiger partial charge is 0.258 e. The zero-order chi connectivity index (χ0) is 23.1. The highest BCUT2D eigenvalue weighted by molar-refractivity contribution is 6.30. The van der Waals surface area contributed by atoms with E-state index in [2.05, 4.69) is 20.5 Å². The van der Waals surface area contributed by atoms with Crippen LogP contribution < -0.4 is 16.2 Å². The Bertz CT molecular complexity index is 1300. The van der Waals surface area contributed by atoms with Crippen LogP contribution in [0.2, 0.25) is 5.02 Å². The summed E-state index contributed by atoms with van der Waals surface area (Å²) in [7, 11) is 1.98. The summed E-state index contributed by atoms with van der Waals surface area (Å²) in [4.78, 5) is 32.3. The van der Waals surface area contributed by atoms with E-state index in [1.54, 1.807) is 22.9 Å². The Morgan fingerprint density at radius 1 is 1.15 bits per heavy atom. The molecule has 1 amide bonds. The van der Waals surface area contributed by atoms with Crippen LogP contribution in [0.1, 0.15) is 28.9 Å². The van der Waals surface area contributed by atoms with Gasteiger partial charge < -0.3 is 15.2 Å². The van der Waals surface area contributed by atoms with E-state index in [9.17, 15) is 14.0 Å². The molecule has 2 N–H and O–H groups in total. The third-order valence-corrected chi connectivity index (χ3v) is 6.23. The number of likely N-dealkylation sites (N-methyl/N-ethyl adjacent to an activating group) is 1. The summed E-state index contributed by atoms with van der Waals surface area (Å²) in [6, 6.07) is 7.73. The lowest BCUT2D eigenvalue weighted by Gasteiger charge is -2.29. The van der Waals surface area contributed by atoms with Gasteiger partial charge in [-0.2, -0.15) is 0 Å². The minimum Gasteiger partial charge on any atom is -0.353 e. The summed E-state index contributed by atoms with van der Waals surface area (Å²) in [5, 5.41) is 6.65. The first-order valence-corrected chi connectivity index (χ1v) is 11.2. The number of hydrogen-bond donors (Lipinski definition) is 2. The van der Waals surface area contributed by atoms with Crippen molar-refractivity contribution in [1.82, 2.24) is 19.8 Å². The van der Waals surface area contributed by atoms with Crippen LogP contribution >= 0.6 is 11.6 Å². The molecule has 9 heteroatoms. The molecule has 0 atom stereocenters. The molecule has 2 aliphatic rings. The number of rotatable bonds is 5. The molecular weight excluding hydrogens is 445 g/mol. The van der Waals surface area contributed by atoms with E-state index in [0.717, 1.165) is 18.5 Å². The van der Waals surface area contributed by atoms with Gasteiger partial charge in [-0.15, -0.1) is 0 Å². The van der Waals surface area contributed by atoms with Gasteiger partial charge in [-0.05, 0) is 50.2 Å². The van der Waals surface area contributed by atoms with E-state index in [1.165, 1.54) is 24.4 Å². The Hall–Kier alpha value is -3.23. The third-order valence-electron chi connectivity index (χ3n) is 5.99. The molecule has 3 aromatic rings. The van der Waals surface area contributed by atoms with Crippen LogP contribution in [0.4, 0.5) is 15.8 Å². The number of nitrogens with one attached hydrogen (secondary N) is 2. The number of anilines is 2. The van der Waals surface area contributed by atoms with E-state index in [0.29, 0.717) is 41.6 Å². The number of carbonyl (C=O) groups is 1. The molecule has 0 spiro atoms. The molecule has 33 heavy (non-hydrogen) atoms. The minimum absolute atomic E-state index is 0.145. The Labute approximate surface area is 195 Å². The van der Waals surface area contributed by atoms with Crippen LogP contribution in [0.3, 0.4) is 0 Å². The maximum Gasteiger partial charge on any atom is 0.258 e. The molecule has 1 aliphatic heterocycles. The first-order chi connectivity index (χ1) is 15.9. The third kappa shape index (κ3) is 4.36. The topological polar surface area (TPSA) is 79.3 Å². The van der Waals surface area contributed by atoms with Crippen molar-refractivity contribution < 1.29 is 9.18 Å². The lowest BCUT2D eigenvalue weighted by atomic mass is 10.0. The van der Waals surface area contributed by atoms with Gasteiger partial charge in [0.1, 0.15) is 5.82 Å². The van der Waals surface area contributed by atoms with Gasteiger partial charge in [-0.1, -0.05) is 11.6 Å². The maximum atomic E-state index is 14.7. The fraction of sp³-hybridized carbons (Fsp3) is 0.292. The SMILES string of the molecule is CN1CCn2c(c(Nc3ccncc3C(=O)NC3CC3)cc(-c3cc(Cl)ccc3F)c2=O)C1. The first kappa shape index (κ1) is 21.6. The van der Waals surface area contributed by atoms with E-state index in [4.69, 9.17) is 11.6 Å². The molecule has 0 unspecified atom stereocenters. The molecule has 2 aromatic heterocycles. The monoisotopic (exact) mass is 467 g/mol. The lowest BCUT2D eigenvalue weighted by molar-refractivity contribution is 0.0951. The molecule has 5 rings (SSSR count). The Morgan fingerprint density at radius 3 is 2.76 bits per heavy atom. The van der Waals surface area contributed by atoms with Crippen LogP contribution in [0.5, 0.6) is 0 Å². The van der Waals surface area contributed by atoms with Crippen molar-refractivity contribution in [2.24, 2.45) is 0 Å². The zero-order valence-electron chi connectivity index (χ0n) is 18.1. The number of amides is 1. The molecule has 1 fully saturated rings. The van der Waals surface area contributed by atoms with E-state index >= 15 is 0 Å². The van der Waals surface area contributed by atoms with Gasteiger partial charge in [0.2, 0.25) is 0 Å². The van der Waals surface area contributed by atoms with Gasteiger partial charge in [0.25, 0.3) is 11.5 Å². The summed E-state index contributed by atoms with van der Waals surface area (Å²) in [5.41, 5.74) is 2.46. The van der Waals surface area contributed by atoms with Crippen molar-refractivity contribution in [3.05, 3.63) is 75.2 Å². The number of aromatic nitrogens is 2. The molecule has 0 saturated heterocycles. The fourth-order valence-electron chi connectivity index (χ4n) is 4.04. The number of halogens is 2. The largest absolute Gasteiger partial charge is 0.353 e. The maximum absolute atomic E-state index is 14.7. The standard InChI is InChI=1S/C24H23ClFN5O2/c1-30-8-9-31-22(13-30)21(11-17(24(31)33)16-10-14(25)2-5-19(16)26)29-20-6-7-27-12-18(20)23(32)28-15-3-4-15/h2,5-7,10-12,15H,3-4,8-9,13H2,1H3,(H,27,29)(H,28,32). The van der Waals surface area contributed by atoms with Crippen molar-refractivity contribution in [3.8, 4) is 11.1 Å². The quantitative estimate of drug-likeness (QED) is 0.597. The van der Waals surface area contributed by atoms with Crippen molar-refractivity contribution in [2.45, 2.75) is 32.0 Å². The normalized spacial score (nSPS) is 15.7. The summed E-state index contributed by atoms with van der Waals surface area (Å²) >= 11 is 6.10. The molecule has 3 heterocycles. The van der Waals surface area contributed by atoms with Crippen LogP contribution in [0.15, 0.2) is 47.5 Å². The first-order valence-electron chi connectivity index (χ1n) is 10.8. The summed E-state index contributed by atoms with van der Waals surface area (Å²) in [6.07, 6.45) is 5.07. The summed E-state index contributed by atoms with van der Waals surface area (Å²) < 4.78 is 16.4. The van der Waals surface area contributed by atoms with Gasteiger partial charge in [0, 0.05) is 48.7 Å². The van der Waals surface area contributed by atoms with Gasteiger partial charge in [0.15, 0.2) is 0 Å². The highest BCUT2D eigenvalue weighted by atomic mass is 35.5. The predicted molar refractivity (Wildman–Crippen MR) is 125 cm³/mol. The van der Waals surface area contributed by atoms with E-state index in [1.807, 2.05) is 7.05 Å². The van der Waals surface area contributed by atoms with E-state index in [-0.39, 0.29) is 28.6 Å². The van der Waals surface area contributed by atoms with Crippen LogP contribution in [0.25, 0.3) is 11.1 Å². The van der Waals surface area contributed by atoms with Gasteiger partial charge >= 0.3 is 0 Å². The van der Waals surface area contributed by atoms with Gasteiger partial charge in [-0.3, -0.25) is 19.5 Å². The number of fused-ring (bicyclic) bond motifs is 1. The molecule has 1 aliphatic carbocycles. The van der Waals surface area contributed by atoms with Gasteiger partial charge in [-0.25, -0.2) is 4.39 Å². The summed E-state index contributed by atoms with van der Waals surface area (Å²) in [5.74, 6) is -0.724. The molecule has 1 saturated carbocycles. The highest BCUT2D eigenvalue weighted by Gasteiger charge is 2.26. The second-order valence-electron chi connectivity index (χ2n) is 8.53. The average Bonchev–Trinajstić information content (AvgIpc) is 3.61. The van der Waals surface area contributed by atoms with Crippen molar-refractivity contribution in [3.63, 3.8) is 0 Å². The average molecular weight is 468 g/mol. The van der Waals surface area contributed by atoms with Crippen molar-refractivity contribution >= 4 is 28.9 Å².